The van der Waals surface area contributed by atoms with Crippen LogP contribution < -0.4 is 0 Å². The van der Waals surface area contributed by atoms with E-state index in [2.05, 4.69) is 12.1 Å². The summed E-state index contributed by atoms with van der Waals surface area (Å²) in [6.45, 7) is 1.96. The first kappa shape index (κ1) is 11.8. The molecule has 1 aliphatic carbocycles. The van der Waals surface area contributed by atoms with Gasteiger partial charge in [-0.2, -0.15) is 0 Å². The molecule has 0 radical (unpaired) electrons. The summed E-state index contributed by atoms with van der Waals surface area (Å²) in [6, 6.07) is 6.20. The van der Waals surface area contributed by atoms with Crippen LogP contribution in [0.25, 0.3) is 6.08 Å². The Balaban J connectivity index is 2.27. The van der Waals surface area contributed by atoms with Crippen LogP contribution in [0.1, 0.15) is 42.9 Å². The van der Waals surface area contributed by atoms with Gasteiger partial charge in [0.05, 0.1) is 4.92 Å². The van der Waals surface area contributed by atoms with E-state index in [0.717, 1.165) is 24.8 Å². The molecule has 0 saturated carbocycles. The second-order valence-electron chi connectivity index (χ2n) is 4.52. The van der Waals surface area contributed by atoms with E-state index in [1.165, 1.54) is 17.5 Å². The minimum Gasteiger partial charge on any atom is -0.259 e. The van der Waals surface area contributed by atoms with Gasteiger partial charge in [0.1, 0.15) is 0 Å². The van der Waals surface area contributed by atoms with Crippen LogP contribution >= 0.6 is 0 Å². The van der Waals surface area contributed by atoms with Gasteiger partial charge < -0.3 is 0 Å². The number of hydrogen-bond acceptors (Lipinski definition) is 2. The molecule has 0 aromatic heterocycles. The van der Waals surface area contributed by atoms with Gasteiger partial charge in [0, 0.05) is 12.5 Å². The first-order valence-corrected chi connectivity index (χ1v) is 6.17. The van der Waals surface area contributed by atoms with Gasteiger partial charge in [-0.25, -0.2) is 0 Å². The molecular formula is C14H17NO2. The molecule has 0 unspecified atom stereocenters. The molecular weight excluding hydrogens is 214 g/mol. The number of fused-ring (bicyclic) bond motifs is 1. The lowest BCUT2D eigenvalue weighted by atomic mass is 10.0. The van der Waals surface area contributed by atoms with Crippen LogP contribution in [0, 0.1) is 10.1 Å². The number of nitro groups is 1. The van der Waals surface area contributed by atoms with E-state index in [9.17, 15) is 10.1 Å². The molecule has 0 fully saturated rings. The molecule has 1 aromatic rings. The summed E-state index contributed by atoms with van der Waals surface area (Å²) in [5.74, 6) is 0. The fourth-order valence-electron chi connectivity index (χ4n) is 2.35. The zero-order chi connectivity index (χ0) is 12.3. The Morgan fingerprint density at radius 3 is 2.88 bits per heavy atom. The molecule has 0 heterocycles. The second-order valence-corrected chi connectivity index (χ2v) is 4.52. The van der Waals surface area contributed by atoms with Gasteiger partial charge in [-0.15, -0.1) is 0 Å². The van der Waals surface area contributed by atoms with Crippen LogP contribution in [-0.2, 0) is 12.8 Å². The lowest BCUT2D eigenvalue weighted by Crippen LogP contribution is -1.98. The summed E-state index contributed by atoms with van der Waals surface area (Å²) in [5.41, 5.74) is 4.04. The Kier molecular flexibility index (Phi) is 3.57. The molecule has 3 nitrogen and oxygen atoms in total. The smallest absolute Gasteiger partial charge is 0.246 e. The molecule has 3 heteroatoms. The number of nitrogens with zero attached hydrogens (tertiary/aromatic N) is 1. The minimum atomic E-state index is -0.267. The largest absolute Gasteiger partial charge is 0.259 e. The van der Waals surface area contributed by atoms with E-state index >= 15 is 0 Å². The van der Waals surface area contributed by atoms with E-state index in [1.807, 2.05) is 13.0 Å². The lowest BCUT2D eigenvalue weighted by Gasteiger charge is -2.01. The molecule has 0 saturated heterocycles. The molecule has 2 rings (SSSR count). The van der Waals surface area contributed by atoms with Crippen molar-refractivity contribution in [1.82, 2.24) is 0 Å². The van der Waals surface area contributed by atoms with E-state index in [-0.39, 0.29) is 4.92 Å². The number of benzene rings is 1. The lowest BCUT2D eigenvalue weighted by molar-refractivity contribution is -0.426. The van der Waals surface area contributed by atoms with Gasteiger partial charge in [-0.05, 0) is 42.4 Å². The molecule has 0 bridgehead atoms. The Morgan fingerprint density at radius 2 is 2.18 bits per heavy atom. The van der Waals surface area contributed by atoms with Crippen molar-refractivity contribution in [3.63, 3.8) is 0 Å². The highest BCUT2D eigenvalue weighted by molar-refractivity contribution is 5.54. The standard InChI is InChI=1S/C14H17NO2/c1-2-4-14(15(16)17)10-11-7-8-12-5-3-6-13(12)9-11/h7-10H,2-6H2,1H3. The molecule has 1 aliphatic rings. The quantitative estimate of drug-likeness (QED) is 0.587. The number of rotatable bonds is 4. The van der Waals surface area contributed by atoms with Crippen LogP contribution in [0.3, 0.4) is 0 Å². The highest BCUT2D eigenvalue weighted by Crippen LogP contribution is 2.24. The summed E-state index contributed by atoms with van der Waals surface area (Å²) in [4.78, 5) is 10.6. The maximum atomic E-state index is 10.9. The summed E-state index contributed by atoms with van der Waals surface area (Å²) in [6.07, 6.45) is 6.51. The average Bonchev–Trinajstić information content (AvgIpc) is 2.75. The highest BCUT2D eigenvalue weighted by Gasteiger charge is 2.12. The predicted octanol–water partition coefficient (Wildman–Crippen LogP) is 3.59. The second kappa shape index (κ2) is 5.13. The summed E-state index contributed by atoms with van der Waals surface area (Å²) >= 11 is 0. The fourth-order valence-corrected chi connectivity index (χ4v) is 2.35. The van der Waals surface area contributed by atoms with E-state index in [1.54, 1.807) is 6.08 Å². The third-order valence-corrected chi connectivity index (χ3v) is 3.20. The molecule has 0 aliphatic heterocycles. The normalized spacial score (nSPS) is 14.8. The Labute approximate surface area is 101 Å². The molecule has 1 aromatic carbocycles. The van der Waals surface area contributed by atoms with E-state index in [0.29, 0.717) is 12.1 Å². The van der Waals surface area contributed by atoms with Crippen LogP contribution in [-0.4, -0.2) is 4.92 Å². The average molecular weight is 231 g/mol. The van der Waals surface area contributed by atoms with E-state index < -0.39 is 0 Å². The zero-order valence-corrected chi connectivity index (χ0v) is 10.1. The van der Waals surface area contributed by atoms with Crippen LogP contribution in [0.5, 0.6) is 0 Å². The van der Waals surface area contributed by atoms with Crippen molar-refractivity contribution in [2.24, 2.45) is 0 Å². The Bertz CT molecular complexity index is 463. The summed E-state index contributed by atoms with van der Waals surface area (Å²) in [5, 5.41) is 10.9. The van der Waals surface area contributed by atoms with Crippen molar-refractivity contribution < 1.29 is 4.92 Å². The maximum Gasteiger partial charge on any atom is 0.246 e. The zero-order valence-electron chi connectivity index (χ0n) is 10.1. The number of hydrogen-bond donors (Lipinski definition) is 0. The molecule has 17 heavy (non-hydrogen) atoms. The van der Waals surface area contributed by atoms with Gasteiger partial charge in [0.25, 0.3) is 0 Å². The van der Waals surface area contributed by atoms with Crippen molar-refractivity contribution in [2.45, 2.75) is 39.0 Å². The molecule has 0 amide bonds. The van der Waals surface area contributed by atoms with E-state index in [4.69, 9.17) is 0 Å². The third kappa shape index (κ3) is 2.73. The predicted molar refractivity (Wildman–Crippen MR) is 68.3 cm³/mol. The topological polar surface area (TPSA) is 43.1 Å². The van der Waals surface area contributed by atoms with Crippen molar-refractivity contribution in [2.75, 3.05) is 0 Å². The monoisotopic (exact) mass is 231 g/mol. The summed E-state index contributed by atoms with van der Waals surface area (Å²) < 4.78 is 0. The first-order valence-electron chi connectivity index (χ1n) is 6.17. The van der Waals surface area contributed by atoms with Crippen molar-refractivity contribution in [3.05, 3.63) is 50.7 Å². The molecule has 0 atom stereocenters. The van der Waals surface area contributed by atoms with Crippen molar-refractivity contribution >= 4 is 6.08 Å². The number of allylic oxidation sites excluding steroid dienone is 1. The SMILES string of the molecule is CCCC(=Cc1ccc2c(c1)CCC2)[N+](=O)[O-]. The molecule has 90 valence electrons. The van der Waals surface area contributed by atoms with Crippen LogP contribution in [0.4, 0.5) is 0 Å². The molecule has 0 N–H and O–H groups in total. The first-order chi connectivity index (χ1) is 8.20. The summed E-state index contributed by atoms with van der Waals surface area (Å²) in [7, 11) is 0. The third-order valence-electron chi connectivity index (χ3n) is 3.20. The van der Waals surface area contributed by atoms with Crippen molar-refractivity contribution in [3.8, 4) is 0 Å². The minimum absolute atomic E-state index is 0.267. The highest BCUT2D eigenvalue weighted by atomic mass is 16.6. The maximum absolute atomic E-state index is 10.9. The fraction of sp³-hybridized carbons (Fsp3) is 0.429. The van der Waals surface area contributed by atoms with Crippen LogP contribution in [0.15, 0.2) is 23.9 Å². The van der Waals surface area contributed by atoms with Gasteiger partial charge in [-0.3, -0.25) is 10.1 Å². The van der Waals surface area contributed by atoms with Crippen LogP contribution in [0.2, 0.25) is 0 Å². The van der Waals surface area contributed by atoms with Gasteiger partial charge >= 0.3 is 0 Å². The van der Waals surface area contributed by atoms with Crippen molar-refractivity contribution in [1.29, 1.82) is 0 Å². The van der Waals surface area contributed by atoms with Gasteiger partial charge in [0.2, 0.25) is 5.70 Å². The Hall–Kier alpha value is -1.64. The van der Waals surface area contributed by atoms with Gasteiger partial charge in [-0.1, -0.05) is 25.1 Å². The number of aryl methyl sites for hydroxylation is 2. The molecule has 0 spiro atoms. The Morgan fingerprint density at radius 1 is 1.41 bits per heavy atom. The van der Waals surface area contributed by atoms with Gasteiger partial charge in [0.15, 0.2) is 0 Å².